The molecule has 4 rings (SSSR count). The molecule has 0 amide bonds. The van der Waals surface area contributed by atoms with Crippen molar-refractivity contribution in [2.24, 2.45) is 7.05 Å². The molecule has 3 aromatic rings. The van der Waals surface area contributed by atoms with Crippen molar-refractivity contribution in [2.45, 2.75) is 6.92 Å². The maximum absolute atomic E-state index is 12.7. The molecule has 0 radical (unpaired) electrons. The van der Waals surface area contributed by atoms with E-state index in [1.54, 1.807) is 6.92 Å². The Kier molecular flexibility index (Phi) is 7.57. The van der Waals surface area contributed by atoms with Gasteiger partial charge in [0.2, 0.25) is 0 Å². The van der Waals surface area contributed by atoms with Gasteiger partial charge in [0.25, 0.3) is 10.0 Å². The normalized spacial score (nSPS) is 15.2. The van der Waals surface area contributed by atoms with Crippen LogP contribution in [0.15, 0.2) is 53.4 Å². The second kappa shape index (κ2) is 10.6. The summed E-state index contributed by atoms with van der Waals surface area (Å²) < 4.78 is 40.0. The summed E-state index contributed by atoms with van der Waals surface area (Å²) in [6, 6.07) is 18.4. The van der Waals surface area contributed by atoms with E-state index in [1.165, 1.54) is 12.8 Å². The summed E-state index contributed by atoms with van der Waals surface area (Å²) >= 11 is 0. The summed E-state index contributed by atoms with van der Waals surface area (Å²) in [5.74, 6) is 0. The lowest BCUT2D eigenvalue weighted by Gasteiger charge is -2.29. The number of hydrogen-bond acceptors (Lipinski definition) is 6. The summed E-state index contributed by atoms with van der Waals surface area (Å²) in [4.78, 5) is 2.04. The van der Waals surface area contributed by atoms with Crippen LogP contribution in [-0.2, 0) is 26.5 Å². The Balaban J connectivity index is 1.65. The number of methoxy groups -OCH3 is 1. The van der Waals surface area contributed by atoms with E-state index in [-0.39, 0.29) is 18.1 Å². The molecule has 1 N–H and O–H groups in total. The van der Waals surface area contributed by atoms with Crippen molar-refractivity contribution in [2.75, 3.05) is 51.5 Å². The van der Waals surface area contributed by atoms with E-state index in [1.807, 2.05) is 29.8 Å². The first-order valence-electron chi connectivity index (χ1n) is 11.5. The molecule has 2 aromatic carbocycles. The van der Waals surface area contributed by atoms with Crippen LogP contribution in [0.4, 0.5) is 5.69 Å². The number of fused-ring (bicyclic) bond motifs is 1. The molecule has 1 aliphatic rings. The van der Waals surface area contributed by atoms with E-state index in [4.69, 9.17) is 9.47 Å². The molecule has 0 saturated carbocycles. The van der Waals surface area contributed by atoms with E-state index in [0.29, 0.717) is 11.3 Å². The minimum absolute atomic E-state index is 0.0972. The Labute approximate surface area is 206 Å². The molecule has 2 heterocycles. The molecule has 0 spiro atoms. The molecular formula is C26H30N4O4S. The summed E-state index contributed by atoms with van der Waals surface area (Å²) in [5, 5.41) is 11.9. The quantitative estimate of drug-likeness (QED) is 0.380. The molecule has 0 atom stereocenters. The Hall–Kier alpha value is -3.16. The maximum Gasteiger partial charge on any atom is 0.251 e. The Morgan fingerprint density at radius 1 is 1.11 bits per heavy atom. The van der Waals surface area contributed by atoms with Crippen molar-refractivity contribution >= 4 is 32.1 Å². The van der Waals surface area contributed by atoms with Crippen molar-refractivity contribution in [1.82, 2.24) is 9.29 Å². The highest BCUT2D eigenvalue weighted by Gasteiger charge is 2.22. The highest BCUT2D eigenvalue weighted by atomic mass is 32.2. The minimum atomic E-state index is -3.94. The van der Waals surface area contributed by atoms with Crippen LogP contribution in [0.3, 0.4) is 0 Å². The van der Waals surface area contributed by atoms with Crippen molar-refractivity contribution in [3.8, 4) is 17.3 Å². The van der Waals surface area contributed by atoms with Crippen LogP contribution in [0, 0.1) is 11.3 Å². The molecular weight excluding hydrogens is 464 g/mol. The third kappa shape index (κ3) is 5.26. The van der Waals surface area contributed by atoms with Crippen molar-refractivity contribution < 1.29 is 17.9 Å². The third-order valence-electron chi connectivity index (χ3n) is 6.31. The van der Waals surface area contributed by atoms with Gasteiger partial charge in [-0.3, -0.25) is 0 Å². The molecule has 35 heavy (non-hydrogen) atoms. The van der Waals surface area contributed by atoms with Gasteiger partial charge in [-0.25, -0.2) is 13.1 Å². The standard InChI is InChI=1S/C26H30N4O4S/c1-19(26(18-27)35(31,32)28-10-13-33-3)24-8-9-25(29(24)2)22-5-4-21-17-23(7-6-20(21)16-22)30-11-14-34-15-12-30/h4-9,16-17,28H,10-15H2,1-3H3/b26-19+. The van der Waals surface area contributed by atoms with Crippen molar-refractivity contribution in [3.05, 3.63) is 59.1 Å². The van der Waals surface area contributed by atoms with Gasteiger partial charge >= 0.3 is 0 Å². The van der Waals surface area contributed by atoms with Crippen LogP contribution in [0.1, 0.15) is 12.6 Å². The SMILES string of the molecule is COCCNS(=O)(=O)/C(C#N)=C(\C)c1ccc(-c2ccc3cc(N4CCOCC4)ccc3c2)n1C. The number of nitrogens with one attached hydrogen (secondary N) is 1. The van der Waals surface area contributed by atoms with E-state index in [2.05, 4.69) is 46.0 Å². The largest absolute Gasteiger partial charge is 0.383 e. The number of benzene rings is 2. The topological polar surface area (TPSA) is 96.6 Å². The zero-order valence-corrected chi connectivity index (χ0v) is 21.1. The van der Waals surface area contributed by atoms with Gasteiger partial charge in [0, 0.05) is 56.4 Å². The maximum atomic E-state index is 12.7. The van der Waals surface area contributed by atoms with Crippen LogP contribution in [-0.4, -0.2) is 59.5 Å². The minimum Gasteiger partial charge on any atom is -0.383 e. The lowest BCUT2D eigenvalue weighted by Crippen LogP contribution is -2.36. The molecule has 0 bridgehead atoms. The number of nitrogens with zero attached hydrogens (tertiary/aromatic N) is 3. The molecule has 1 saturated heterocycles. The Morgan fingerprint density at radius 2 is 1.83 bits per heavy atom. The predicted octanol–water partition coefficient (Wildman–Crippen LogP) is 3.50. The Morgan fingerprint density at radius 3 is 2.54 bits per heavy atom. The molecule has 1 aromatic heterocycles. The number of ether oxygens (including phenoxy) is 2. The Bertz CT molecular complexity index is 1400. The fourth-order valence-electron chi connectivity index (χ4n) is 4.40. The second-order valence-electron chi connectivity index (χ2n) is 8.46. The van der Waals surface area contributed by atoms with Gasteiger partial charge in [-0.2, -0.15) is 5.26 Å². The molecule has 184 valence electrons. The molecule has 1 aliphatic heterocycles. The average Bonchev–Trinajstić information content (AvgIpc) is 3.25. The highest BCUT2D eigenvalue weighted by molar-refractivity contribution is 7.93. The van der Waals surface area contributed by atoms with Gasteiger partial charge in [-0.1, -0.05) is 18.2 Å². The number of sulfonamides is 1. The zero-order chi connectivity index (χ0) is 25.0. The summed E-state index contributed by atoms with van der Waals surface area (Å²) in [5.41, 5.74) is 4.19. The summed E-state index contributed by atoms with van der Waals surface area (Å²) in [6.45, 7) is 5.26. The van der Waals surface area contributed by atoms with Gasteiger partial charge in [-0.15, -0.1) is 0 Å². The first-order chi connectivity index (χ1) is 16.9. The van der Waals surface area contributed by atoms with Crippen LogP contribution < -0.4 is 9.62 Å². The van der Waals surface area contributed by atoms with E-state index in [9.17, 15) is 13.7 Å². The lowest BCUT2D eigenvalue weighted by atomic mass is 10.0. The van der Waals surface area contributed by atoms with Gasteiger partial charge in [0.15, 0.2) is 4.91 Å². The third-order valence-corrected chi connectivity index (χ3v) is 7.83. The molecule has 0 aliphatic carbocycles. The molecule has 8 nitrogen and oxygen atoms in total. The fourth-order valence-corrected chi connectivity index (χ4v) is 5.52. The van der Waals surface area contributed by atoms with E-state index in [0.717, 1.165) is 48.3 Å². The number of allylic oxidation sites excluding steroid dienone is 2. The molecule has 9 heteroatoms. The predicted molar refractivity (Wildman–Crippen MR) is 138 cm³/mol. The highest BCUT2D eigenvalue weighted by Crippen LogP contribution is 2.31. The number of morpholine rings is 1. The smallest absolute Gasteiger partial charge is 0.251 e. The van der Waals surface area contributed by atoms with E-state index < -0.39 is 10.0 Å². The van der Waals surface area contributed by atoms with Crippen molar-refractivity contribution in [3.63, 3.8) is 0 Å². The fraction of sp³-hybridized carbons (Fsp3) is 0.346. The first-order valence-corrected chi connectivity index (χ1v) is 13.0. The van der Waals surface area contributed by atoms with Crippen LogP contribution >= 0.6 is 0 Å². The summed E-state index contributed by atoms with van der Waals surface area (Å²) in [7, 11) is -0.580. The van der Waals surface area contributed by atoms with Gasteiger partial charge in [0.05, 0.1) is 19.8 Å². The molecule has 1 fully saturated rings. The van der Waals surface area contributed by atoms with Gasteiger partial charge in [0.1, 0.15) is 6.07 Å². The number of rotatable bonds is 8. The average molecular weight is 495 g/mol. The van der Waals surface area contributed by atoms with Gasteiger partial charge in [-0.05, 0) is 53.6 Å². The number of hydrogen-bond donors (Lipinski definition) is 1. The zero-order valence-electron chi connectivity index (χ0n) is 20.2. The summed E-state index contributed by atoms with van der Waals surface area (Å²) in [6.07, 6.45) is 0. The van der Waals surface area contributed by atoms with Crippen LogP contribution in [0.25, 0.3) is 27.6 Å². The lowest BCUT2D eigenvalue weighted by molar-refractivity contribution is 0.122. The second-order valence-corrected chi connectivity index (χ2v) is 10.2. The van der Waals surface area contributed by atoms with Crippen LogP contribution in [0.2, 0.25) is 0 Å². The van der Waals surface area contributed by atoms with Crippen molar-refractivity contribution in [1.29, 1.82) is 5.26 Å². The number of anilines is 1. The number of aromatic nitrogens is 1. The molecule has 0 unspecified atom stereocenters. The van der Waals surface area contributed by atoms with Crippen LogP contribution in [0.5, 0.6) is 0 Å². The van der Waals surface area contributed by atoms with E-state index >= 15 is 0 Å². The monoisotopic (exact) mass is 494 g/mol. The van der Waals surface area contributed by atoms with Gasteiger partial charge < -0.3 is 18.9 Å². The number of nitriles is 1. The first kappa shape index (κ1) is 24.9.